The van der Waals surface area contributed by atoms with Gasteiger partial charge < -0.3 is 10.2 Å². The normalized spacial score (nSPS) is 29.7. The van der Waals surface area contributed by atoms with Gasteiger partial charge in [-0.2, -0.15) is 0 Å². The van der Waals surface area contributed by atoms with Crippen LogP contribution in [0.5, 0.6) is 0 Å². The van der Waals surface area contributed by atoms with Gasteiger partial charge in [-0.05, 0) is 62.1 Å². The van der Waals surface area contributed by atoms with E-state index in [-0.39, 0.29) is 5.41 Å². The molecule has 2 aliphatic rings. The molecule has 2 heterocycles. The van der Waals surface area contributed by atoms with Crippen LogP contribution in [0.2, 0.25) is 0 Å². The summed E-state index contributed by atoms with van der Waals surface area (Å²) in [5.74, 6) is 0. The number of halogens is 1. The third-order valence-electron chi connectivity index (χ3n) is 5.84. The summed E-state index contributed by atoms with van der Waals surface area (Å²) in [6.45, 7) is 7.14. The zero-order valence-corrected chi connectivity index (χ0v) is 16.3. The second-order valence-electron chi connectivity index (χ2n) is 8.23. The first-order valence-electron chi connectivity index (χ1n) is 10.2. The van der Waals surface area contributed by atoms with Crippen LogP contribution in [0.25, 0.3) is 0 Å². The average Bonchev–Trinajstić information content (AvgIpc) is 2.67. The zero-order valence-electron chi connectivity index (χ0n) is 16.3. The Morgan fingerprint density at radius 2 is 2.04 bits per heavy atom. The van der Waals surface area contributed by atoms with Crippen molar-refractivity contribution in [3.63, 3.8) is 0 Å². The Labute approximate surface area is 163 Å². The van der Waals surface area contributed by atoms with Gasteiger partial charge in [0, 0.05) is 26.1 Å². The highest BCUT2D eigenvalue weighted by molar-refractivity contribution is 5.17. The lowest BCUT2D eigenvalue weighted by Crippen LogP contribution is -2.43. The maximum absolute atomic E-state index is 14.6. The highest BCUT2D eigenvalue weighted by atomic mass is 19.1. The largest absolute Gasteiger partial charge is 0.414 e. The van der Waals surface area contributed by atoms with Crippen molar-refractivity contribution in [3.05, 3.63) is 60.9 Å². The Hall–Kier alpha value is -1.65. The van der Waals surface area contributed by atoms with Gasteiger partial charge in [-0.25, -0.2) is 4.39 Å². The van der Waals surface area contributed by atoms with E-state index in [2.05, 4.69) is 42.2 Å². The Balaban J connectivity index is 1.55. The molecule has 0 spiro atoms. The zero-order chi connectivity index (χ0) is 19.0. The fourth-order valence-electron chi connectivity index (χ4n) is 4.46. The molecule has 0 amide bonds. The molecule has 2 aliphatic heterocycles. The van der Waals surface area contributed by atoms with Crippen LogP contribution >= 0.6 is 0 Å². The second kappa shape index (κ2) is 9.52. The topological polar surface area (TPSA) is 24.5 Å². The lowest BCUT2D eigenvalue weighted by molar-refractivity contribution is -0.147. The number of alkyl halides is 1. The van der Waals surface area contributed by atoms with E-state index >= 15 is 0 Å². The smallest absolute Gasteiger partial charge is 0.127 e. The number of hydrogen-bond donors (Lipinski definition) is 1. The highest BCUT2D eigenvalue weighted by Crippen LogP contribution is 2.37. The third kappa shape index (κ3) is 5.91. The fraction of sp³-hybridized carbons (Fsp3) is 0.565. The quantitative estimate of drug-likeness (QED) is 0.523. The Bertz CT molecular complexity index is 612. The average molecular weight is 373 g/mol. The van der Waals surface area contributed by atoms with E-state index in [0.717, 1.165) is 45.3 Å². The Morgan fingerprint density at radius 3 is 2.78 bits per heavy atom. The van der Waals surface area contributed by atoms with Gasteiger partial charge in [-0.15, -0.1) is 11.6 Å². The lowest BCUT2D eigenvalue weighted by atomic mass is 9.73. The van der Waals surface area contributed by atoms with Gasteiger partial charge in [0.15, 0.2) is 0 Å². The van der Waals surface area contributed by atoms with Crippen LogP contribution in [0, 0.1) is 5.41 Å². The molecular weight excluding hydrogens is 339 g/mol. The van der Waals surface area contributed by atoms with Gasteiger partial charge in [0.2, 0.25) is 0 Å². The van der Waals surface area contributed by atoms with E-state index in [9.17, 15) is 4.39 Å². The number of nitrogens with zero attached hydrogens (tertiary/aromatic N) is 1. The van der Waals surface area contributed by atoms with Crippen LogP contribution in [0.1, 0.15) is 44.1 Å². The van der Waals surface area contributed by atoms with Crippen molar-refractivity contribution in [1.29, 1.82) is 0 Å². The number of rotatable bonds is 8. The van der Waals surface area contributed by atoms with Gasteiger partial charge >= 0.3 is 0 Å². The summed E-state index contributed by atoms with van der Waals surface area (Å²) in [6, 6.07) is 10.7. The number of hydroxylamine groups is 2. The maximum Gasteiger partial charge on any atom is 0.127 e. The first-order chi connectivity index (χ1) is 13.1. The summed E-state index contributed by atoms with van der Waals surface area (Å²) in [4.78, 5) is 5.89. The van der Waals surface area contributed by atoms with Crippen molar-refractivity contribution in [2.75, 3.05) is 26.2 Å². The lowest BCUT2D eigenvalue weighted by Gasteiger charge is -2.41. The summed E-state index contributed by atoms with van der Waals surface area (Å²) in [5, 5.41) is 5.18. The van der Waals surface area contributed by atoms with Crippen LogP contribution in [0.15, 0.2) is 55.3 Å². The molecule has 1 N–H and O–H groups in total. The number of piperidine rings is 2. The van der Waals surface area contributed by atoms with Crippen molar-refractivity contribution < 1.29 is 9.23 Å². The van der Waals surface area contributed by atoms with E-state index in [1.165, 1.54) is 12.0 Å². The number of nitrogens with one attached hydrogen (secondary N) is 1. The van der Waals surface area contributed by atoms with Gasteiger partial charge in [0.25, 0.3) is 0 Å². The van der Waals surface area contributed by atoms with E-state index in [1.54, 1.807) is 6.26 Å². The molecule has 2 atom stereocenters. The van der Waals surface area contributed by atoms with Gasteiger partial charge in [-0.1, -0.05) is 36.4 Å². The molecule has 3 rings (SSSR count). The predicted molar refractivity (Wildman–Crippen MR) is 109 cm³/mol. The maximum atomic E-state index is 14.6. The molecule has 2 fully saturated rings. The molecule has 4 heteroatoms. The molecule has 0 saturated carbocycles. The van der Waals surface area contributed by atoms with Crippen molar-refractivity contribution >= 4 is 0 Å². The monoisotopic (exact) mass is 372 g/mol. The summed E-state index contributed by atoms with van der Waals surface area (Å²) in [7, 11) is 0. The molecular formula is C23H33FN2O. The molecule has 1 aromatic carbocycles. The molecule has 0 aliphatic carbocycles. The molecule has 0 bridgehead atoms. The predicted octanol–water partition coefficient (Wildman–Crippen LogP) is 4.81. The minimum Gasteiger partial charge on any atom is -0.414 e. The Morgan fingerprint density at radius 1 is 1.19 bits per heavy atom. The van der Waals surface area contributed by atoms with Gasteiger partial charge in [0.05, 0.1) is 0 Å². The number of hydrogen-bond acceptors (Lipinski definition) is 3. The molecule has 3 nitrogen and oxygen atoms in total. The first-order valence-corrected chi connectivity index (χ1v) is 10.2. The summed E-state index contributed by atoms with van der Waals surface area (Å²) >= 11 is 0. The number of benzene rings is 1. The molecule has 0 aromatic heterocycles. The van der Waals surface area contributed by atoms with Crippen LogP contribution in [-0.2, 0) is 11.3 Å². The van der Waals surface area contributed by atoms with Crippen LogP contribution in [-0.4, -0.2) is 36.9 Å². The molecule has 2 saturated heterocycles. The summed E-state index contributed by atoms with van der Waals surface area (Å²) in [6.07, 6.45) is 11.8. The molecule has 1 aromatic rings. The Kier molecular flexibility index (Phi) is 7.08. The SMILES string of the molecule is C=CC[C@]1(Cc2ccccc2)CCCN(O/C=C/C[C@]2(F)CCCNC2)C1. The van der Waals surface area contributed by atoms with E-state index in [0.29, 0.717) is 19.4 Å². The van der Waals surface area contributed by atoms with Gasteiger partial charge in [0.1, 0.15) is 11.9 Å². The minimum atomic E-state index is -1.13. The van der Waals surface area contributed by atoms with Crippen LogP contribution in [0.3, 0.4) is 0 Å². The molecule has 148 valence electrons. The van der Waals surface area contributed by atoms with Crippen molar-refractivity contribution in [2.45, 2.75) is 50.6 Å². The third-order valence-corrected chi connectivity index (χ3v) is 5.84. The standard InChI is InChI=1S/C23H33FN2O/c1-2-11-22(18-21-9-4-3-5-10-21)12-7-16-26(20-22)27-17-8-14-23(24)13-6-15-25-19-23/h2-5,8-10,17,25H,1,6-7,11-16,18-20H2/b17-8+/t22-,23-/m1/s1. The van der Waals surface area contributed by atoms with E-state index in [4.69, 9.17) is 4.84 Å². The highest BCUT2D eigenvalue weighted by Gasteiger charge is 2.35. The van der Waals surface area contributed by atoms with Crippen molar-refractivity contribution in [1.82, 2.24) is 10.4 Å². The molecule has 27 heavy (non-hydrogen) atoms. The summed E-state index contributed by atoms with van der Waals surface area (Å²) < 4.78 is 14.6. The fourth-order valence-corrected chi connectivity index (χ4v) is 4.46. The van der Waals surface area contributed by atoms with Crippen LogP contribution in [0.4, 0.5) is 4.39 Å². The summed E-state index contributed by atoms with van der Waals surface area (Å²) in [5.41, 5.74) is 0.393. The second-order valence-corrected chi connectivity index (χ2v) is 8.23. The van der Waals surface area contributed by atoms with Crippen LogP contribution < -0.4 is 5.32 Å². The minimum absolute atomic E-state index is 0.157. The van der Waals surface area contributed by atoms with Gasteiger partial charge in [-0.3, -0.25) is 0 Å². The van der Waals surface area contributed by atoms with Crippen molar-refractivity contribution in [3.8, 4) is 0 Å². The molecule has 0 radical (unpaired) electrons. The first kappa shape index (κ1) is 20.1. The van der Waals surface area contributed by atoms with Crippen molar-refractivity contribution in [2.24, 2.45) is 5.41 Å². The van der Waals surface area contributed by atoms with E-state index in [1.807, 2.05) is 17.2 Å². The van der Waals surface area contributed by atoms with E-state index < -0.39 is 5.67 Å². The number of allylic oxidation sites excluding steroid dienone is 2. The molecule has 0 unspecified atom stereocenters.